The van der Waals surface area contributed by atoms with Crippen LogP contribution in [0.1, 0.15) is 45.6 Å². The number of H-pyrrole nitrogens is 1. The SMILES string of the molecule is CC(C)(C)OC(=O)NC1(c2ccc(-c3c(-c4ccccc4)[nH]c4ncccc34)cc2)CCC1. The predicted octanol–water partition coefficient (Wildman–Crippen LogP) is 6.80. The molecule has 5 heteroatoms. The molecule has 1 amide bonds. The first-order valence-electron chi connectivity index (χ1n) is 11.5. The Kier molecular flexibility index (Phi) is 5.20. The van der Waals surface area contributed by atoms with Crippen molar-refractivity contribution in [1.82, 2.24) is 15.3 Å². The van der Waals surface area contributed by atoms with Crippen LogP contribution >= 0.6 is 0 Å². The molecule has 0 unspecified atom stereocenters. The van der Waals surface area contributed by atoms with Gasteiger partial charge in [0.15, 0.2) is 0 Å². The number of alkyl carbamates (subject to hydrolysis) is 1. The first kappa shape index (κ1) is 21.3. The minimum Gasteiger partial charge on any atom is -0.444 e. The normalized spacial score (nSPS) is 15.1. The molecule has 2 aromatic heterocycles. The summed E-state index contributed by atoms with van der Waals surface area (Å²) in [5.74, 6) is 0. The second-order valence-electron chi connectivity index (χ2n) is 9.78. The lowest BCUT2D eigenvalue weighted by Gasteiger charge is -2.43. The predicted molar refractivity (Wildman–Crippen MR) is 132 cm³/mol. The van der Waals surface area contributed by atoms with Gasteiger partial charge in [-0.25, -0.2) is 9.78 Å². The summed E-state index contributed by atoms with van der Waals surface area (Å²) in [7, 11) is 0. The number of hydrogen-bond acceptors (Lipinski definition) is 3. The summed E-state index contributed by atoms with van der Waals surface area (Å²) < 4.78 is 5.53. The van der Waals surface area contributed by atoms with Crippen molar-refractivity contribution in [2.24, 2.45) is 0 Å². The first-order valence-corrected chi connectivity index (χ1v) is 11.5. The molecular weight excluding hydrogens is 410 g/mol. The fourth-order valence-corrected chi connectivity index (χ4v) is 4.61. The van der Waals surface area contributed by atoms with Crippen LogP contribution in [0.5, 0.6) is 0 Å². The van der Waals surface area contributed by atoms with Gasteiger partial charge in [0.1, 0.15) is 11.2 Å². The number of benzene rings is 2. The summed E-state index contributed by atoms with van der Waals surface area (Å²) in [6.45, 7) is 5.65. The summed E-state index contributed by atoms with van der Waals surface area (Å²) in [5, 5.41) is 4.24. The molecule has 4 aromatic rings. The van der Waals surface area contributed by atoms with Gasteiger partial charge in [0.05, 0.1) is 11.2 Å². The Labute approximate surface area is 194 Å². The molecule has 0 radical (unpaired) electrons. The highest BCUT2D eigenvalue weighted by Gasteiger charge is 2.41. The van der Waals surface area contributed by atoms with Crippen LogP contribution in [0.4, 0.5) is 4.79 Å². The van der Waals surface area contributed by atoms with Crippen molar-refractivity contribution in [3.8, 4) is 22.4 Å². The lowest BCUT2D eigenvalue weighted by molar-refractivity contribution is 0.0377. The third-order valence-electron chi connectivity index (χ3n) is 6.31. The number of pyridine rings is 1. The second kappa shape index (κ2) is 8.07. The van der Waals surface area contributed by atoms with Crippen LogP contribution in [0.2, 0.25) is 0 Å². The zero-order chi connectivity index (χ0) is 23.1. The Balaban J connectivity index is 1.51. The van der Waals surface area contributed by atoms with E-state index in [9.17, 15) is 4.79 Å². The van der Waals surface area contributed by atoms with Gasteiger partial charge in [-0.3, -0.25) is 0 Å². The second-order valence-corrected chi connectivity index (χ2v) is 9.78. The Morgan fingerprint density at radius 3 is 2.33 bits per heavy atom. The van der Waals surface area contributed by atoms with Gasteiger partial charge in [0.2, 0.25) is 0 Å². The summed E-state index contributed by atoms with van der Waals surface area (Å²) in [6.07, 6.45) is 4.36. The molecule has 5 rings (SSSR count). The maximum Gasteiger partial charge on any atom is 0.408 e. The van der Waals surface area contributed by atoms with Crippen LogP contribution in [0.25, 0.3) is 33.4 Å². The van der Waals surface area contributed by atoms with E-state index < -0.39 is 5.60 Å². The third kappa shape index (κ3) is 4.11. The fraction of sp³-hybridized carbons (Fsp3) is 0.286. The molecule has 33 heavy (non-hydrogen) atoms. The largest absolute Gasteiger partial charge is 0.444 e. The van der Waals surface area contributed by atoms with E-state index in [4.69, 9.17) is 4.74 Å². The topological polar surface area (TPSA) is 67.0 Å². The van der Waals surface area contributed by atoms with E-state index >= 15 is 0 Å². The van der Waals surface area contributed by atoms with Gasteiger partial charge >= 0.3 is 6.09 Å². The van der Waals surface area contributed by atoms with Gasteiger partial charge in [0, 0.05) is 17.1 Å². The van der Waals surface area contributed by atoms with Gasteiger partial charge in [0.25, 0.3) is 0 Å². The Bertz CT molecular complexity index is 1280. The molecule has 0 atom stereocenters. The molecule has 1 fully saturated rings. The van der Waals surface area contributed by atoms with Crippen molar-refractivity contribution in [3.63, 3.8) is 0 Å². The van der Waals surface area contributed by atoms with Crippen LogP contribution in [-0.2, 0) is 10.3 Å². The highest BCUT2D eigenvalue weighted by molar-refractivity contribution is 6.02. The Morgan fingerprint density at radius 1 is 0.970 bits per heavy atom. The lowest BCUT2D eigenvalue weighted by atomic mass is 9.71. The monoisotopic (exact) mass is 439 g/mol. The fourth-order valence-electron chi connectivity index (χ4n) is 4.61. The number of amides is 1. The van der Waals surface area contributed by atoms with E-state index in [2.05, 4.69) is 57.7 Å². The van der Waals surface area contributed by atoms with Gasteiger partial charge in [-0.1, -0.05) is 54.6 Å². The molecule has 5 nitrogen and oxygen atoms in total. The number of aromatic nitrogens is 2. The highest BCUT2D eigenvalue weighted by atomic mass is 16.6. The van der Waals surface area contributed by atoms with Crippen molar-refractivity contribution >= 4 is 17.1 Å². The highest BCUT2D eigenvalue weighted by Crippen LogP contribution is 2.43. The Morgan fingerprint density at radius 2 is 1.70 bits per heavy atom. The maximum atomic E-state index is 12.5. The van der Waals surface area contributed by atoms with Crippen molar-refractivity contribution in [3.05, 3.63) is 78.5 Å². The van der Waals surface area contributed by atoms with Gasteiger partial charge in [-0.15, -0.1) is 0 Å². The Hall–Kier alpha value is -3.60. The molecule has 1 aliphatic rings. The quantitative estimate of drug-likeness (QED) is 0.367. The summed E-state index contributed by atoms with van der Waals surface area (Å²) in [6, 6.07) is 23.0. The van der Waals surface area contributed by atoms with E-state index in [1.165, 1.54) is 0 Å². The van der Waals surface area contributed by atoms with E-state index in [-0.39, 0.29) is 11.6 Å². The number of aromatic amines is 1. The van der Waals surface area contributed by atoms with E-state index in [1.54, 1.807) is 0 Å². The number of ether oxygens (including phenoxy) is 1. The van der Waals surface area contributed by atoms with Crippen LogP contribution in [-0.4, -0.2) is 21.7 Å². The number of fused-ring (bicyclic) bond motifs is 1. The van der Waals surface area contributed by atoms with Crippen molar-refractivity contribution in [2.75, 3.05) is 0 Å². The smallest absolute Gasteiger partial charge is 0.408 e. The van der Waals surface area contributed by atoms with Crippen molar-refractivity contribution in [2.45, 2.75) is 51.2 Å². The molecule has 0 bridgehead atoms. The van der Waals surface area contributed by atoms with Crippen LogP contribution in [0, 0.1) is 0 Å². The van der Waals surface area contributed by atoms with Crippen molar-refractivity contribution < 1.29 is 9.53 Å². The number of carbonyl (C=O) groups excluding carboxylic acids is 1. The van der Waals surface area contributed by atoms with E-state index in [0.717, 1.165) is 58.2 Å². The zero-order valence-electron chi connectivity index (χ0n) is 19.3. The lowest BCUT2D eigenvalue weighted by Crippen LogP contribution is -2.52. The molecular formula is C28H29N3O2. The minimum absolute atomic E-state index is 0.356. The molecule has 1 aliphatic carbocycles. The summed E-state index contributed by atoms with van der Waals surface area (Å²) in [5.41, 5.74) is 5.54. The summed E-state index contributed by atoms with van der Waals surface area (Å²) >= 11 is 0. The first-order chi connectivity index (χ1) is 15.8. The number of nitrogens with one attached hydrogen (secondary N) is 2. The van der Waals surface area contributed by atoms with Crippen molar-refractivity contribution in [1.29, 1.82) is 0 Å². The zero-order valence-corrected chi connectivity index (χ0v) is 19.3. The van der Waals surface area contributed by atoms with E-state index in [1.807, 2.05) is 51.2 Å². The standard InChI is InChI=1S/C28H29N3O2/c1-27(2,3)33-26(32)31-28(16-8-17-28)21-14-12-19(13-15-21)23-22-11-7-18-29-25(22)30-24(23)20-9-5-4-6-10-20/h4-7,9-15,18H,8,16-17H2,1-3H3,(H,29,30)(H,31,32). The number of carbonyl (C=O) groups is 1. The third-order valence-corrected chi connectivity index (χ3v) is 6.31. The molecule has 168 valence electrons. The molecule has 1 saturated carbocycles. The minimum atomic E-state index is -0.518. The van der Waals surface area contributed by atoms with Crippen LogP contribution in [0.15, 0.2) is 72.9 Å². The molecule has 0 spiro atoms. The molecule has 2 aromatic carbocycles. The maximum absolute atomic E-state index is 12.5. The van der Waals surface area contributed by atoms with Crippen LogP contribution < -0.4 is 5.32 Å². The number of hydrogen-bond donors (Lipinski definition) is 2. The molecule has 2 heterocycles. The summed E-state index contributed by atoms with van der Waals surface area (Å²) in [4.78, 5) is 20.5. The molecule has 0 saturated heterocycles. The molecule has 2 N–H and O–H groups in total. The number of rotatable bonds is 4. The number of nitrogens with zero attached hydrogens (tertiary/aromatic N) is 1. The van der Waals surface area contributed by atoms with Gasteiger partial charge in [-0.05, 0) is 68.9 Å². The average molecular weight is 440 g/mol. The van der Waals surface area contributed by atoms with Gasteiger partial charge < -0.3 is 15.0 Å². The molecule has 0 aliphatic heterocycles. The van der Waals surface area contributed by atoms with Gasteiger partial charge in [-0.2, -0.15) is 0 Å². The van der Waals surface area contributed by atoms with Crippen LogP contribution in [0.3, 0.4) is 0 Å². The average Bonchev–Trinajstić information content (AvgIpc) is 3.15. The van der Waals surface area contributed by atoms with E-state index in [0.29, 0.717) is 0 Å².